The van der Waals surface area contributed by atoms with Crippen molar-refractivity contribution in [3.05, 3.63) is 46.1 Å². The van der Waals surface area contributed by atoms with Gasteiger partial charge in [0.15, 0.2) is 0 Å². The van der Waals surface area contributed by atoms with Gasteiger partial charge in [-0.05, 0) is 28.5 Å². The van der Waals surface area contributed by atoms with Crippen LogP contribution in [0.15, 0.2) is 49.8 Å². The van der Waals surface area contributed by atoms with Gasteiger partial charge in [-0.15, -0.1) is 0 Å². The van der Waals surface area contributed by atoms with Crippen LogP contribution in [0.3, 0.4) is 0 Å². The molecule has 1 heterocycles. The minimum Gasteiger partial charge on any atom is -0.883 e. The summed E-state index contributed by atoms with van der Waals surface area (Å²) in [5.74, 6) is -2.19. The second kappa shape index (κ2) is 5.93. The highest BCUT2D eigenvalue weighted by Crippen LogP contribution is 2.32. The quantitative estimate of drug-likeness (QED) is 0.709. The lowest BCUT2D eigenvalue weighted by molar-refractivity contribution is -0.513. The van der Waals surface area contributed by atoms with Crippen molar-refractivity contribution in [1.82, 2.24) is 0 Å². The molecule has 0 aliphatic carbocycles. The zero-order valence-electron chi connectivity index (χ0n) is 12.7. The average molecular weight is 352 g/mol. The maximum atomic E-state index is 12.3. The molecule has 0 aromatic heterocycles. The molecular formula is C15H14NO5S2-3. The molecule has 0 spiro atoms. The van der Waals surface area contributed by atoms with Gasteiger partial charge in [-0.3, -0.25) is 0 Å². The van der Waals surface area contributed by atoms with Crippen LogP contribution in [0, 0.1) is 0 Å². The van der Waals surface area contributed by atoms with Gasteiger partial charge in [-0.2, -0.15) is 18.8 Å². The molecule has 1 aliphatic rings. The highest BCUT2D eigenvalue weighted by molar-refractivity contribution is 8.07. The molecule has 1 aromatic carbocycles. The van der Waals surface area contributed by atoms with Gasteiger partial charge < -0.3 is 15.3 Å². The summed E-state index contributed by atoms with van der Waals surface area (Å²) in [7, 11) is -4.30. The predicted molar refractivity (Wildman–Crippen MR) is 83.0 cm³/mol. The fourth-order valence-corrected chi connectivity index (χ4v) is 3.68. The lowest BCUT2D eigenvalue weighted by Gasteiger charge is -2.23. The first-order valence-corrected chi connectivity index (χ1v) is 8.93. The molecule has 0 radical (unpaired) electrons. The number of hydrogen-bond acceptors (Lipinski definition) is 6. The molecule has 2 rings (SSSR count). The minimum atomic E-state index is -4.30. The summed E-state index contributed by atoms with van der Waals surface area (Å²) in [5, 5.41) is 35.3. The number of benzene rings is 1. The van der Waals surface area contributed by atoms with E-state index >= 15 is 0 Å². The molecular weight excluding hydrogens is 338 g/mol. The van der Waals surface area contributed by atoms with Gasteiger partial charge >= 0.3 is 0 Å². The van der Waals surface area contributed by atoms with Gasteiger partial charge in [0.1, 0.15) is 0 Å². The first-order chi connectivity index (χ1) is 10.5. The van der Waals surface area contributed by atoms with Gasteiger partial charge in [0.2, 0.25) is 0 Å². The highest BCUT2D eigenvalue weighted by Gasteiger charge is 2.20. The topological polar surface area (TPSA) is 116 Å². The largest absolute Gasteiger partial charge is 0.883 e. The fourth-order valence-electron chi connectivity index (χ4n) is 1.89. The summed E-state index contributed by atoms with van der Waals surface area (Å²) in [6.07, 6.45) is 1.25. The van der Waals surface area contributed by atoms with Crippen LogP contribution in [0.2, 0.25) is 0 Å². The number of hydrogen-bond donors (Lipinski definition) is 0. The summed E-state index contributed by atoms with van der Waals surface area (Å²) in [5.41, 5.74) is 0.162. The summed E-state index contributed by atoms with van der Waals surface area (Å²) in [6, 6.07) is 4.01. The van der Waals surface area contributed by atoms with Crippen LogP contribution in [0.1, 0.15) is 26.3 Å². The summed E-state index contributed by atoms with van der Waals surface area (Å²) < 4.78 is 28.0. The molecule has 124 valence electrons. The van der Waals surface area contributed by atoms with Gasteiger partial charge in [0.05, 0.1) is 10.6 Å². The van der Waals surface area contributed by atoms with Crippen molar-refractivity contribution >= 4 is 27.5 Å². The predicted octanol–water partition coefficient (Wildman–Crippen LogP) is 0.338. The fraction of sp³-hybridized carbons (Fsp3) is 0.267. The Kier molecular flexibility index (Phi) is 4.50. The van der Waals surface area contributed by atoms with E-state index in [9.17, 15) is 23.7 Å². The number of allylic oxidation sites excluding steroid dienone is 2. The molecule has 0 saturated carbocycles. The van der Waals surface area contributed by atoms with Gasteiger partial charge in [-0.25, -0.2) is 0 Å². The van der Waals surface area contributed by atoms with Crippen LogP contribution in [0.25, 0.3) is 0 Å². The number of nitrogens with zero attached hydrogens (tertiary/aromatic N) is 1. The molecule has 0 amide bonds. The third-order valence-electron chi connectivity index (χ3n) is 3.14. The Labute approximate surface area is 138 Å². The van der Waals surface area contributed by atoms with E-state index in [4.69, 9.17) is 0 Å². The first kappa shape index (κ1) is 17.4. The Morgan fingerprint density at radius 2 is 1.87 bits per heavy atom. The summed E-state index contributed by atoms with van der Waals surface area (Å²) in [4.78, 5) is -0.784. The standard InChI is InChI=1S/C15H17NO5S2/c1-15(2,3)9-4-5-12(11(17)8-9)23(20,21)16-10-6-7-22-13(10)14(18)19/h4-8,17-19H,1-3H3/p-3. The van der Waals surface area contributed by atoms with Crippen molar-refractivity contribution in [3.63, 3.8) is 0 Å². The SMILES string of the molecule is CC(C)(C)c1ccc(S(=O)(=O)N=C2C=CSC2=C([O-])[O-])c([O-])c1. The minimum absolute atomic E-state index is 0.241. The van der Waals surface area contributed by atoms with Crippen molar-refractivity contribution < 1.29 is 23.7 Å². The monoisotopic (exact) mass is 352 g/mol. The molecule has 0 bridgehead atoms. The maximum absolute atomic E-state index is 12.3. The van der Waals surface area contributed by atoms with Crippen LogP contribution in [-0.4, -0.2) is 14.1 Å². The Morgan fingerprint density at radius 1 is 1.22 bits per heavy atom. The van der Waals surface area contributed by atoms with E-state index < -0.39 is 26.6 Å². The molecule has 0 atom stereocenters. The number of rotatable bonds is 2. The lowest BCUT2D eigenvalue weighted by atomic mass is 9.87. The second-order valence-electron chi connectivity index (χ2n) is 5.90. The first-order valence-electron chi connectivity index (χ1n) is 6.61. The van der Waals surface area contributed by atoms with Crippen LogP contribution < -0.4 is 15.3 Å². The Bertz CT molecular complexity index is 826. The molecule has 0 unspecified atom stereocenters. The Balaban J connectivity index is 2.50. The number of sulfonamides is 1. The van der Waals surface area contributed by atoms with Crippen LogP contribution >= 0.6 is 11.8 Å². The third-order valence-corrected chi connectivity index (χ3v) is 5.35. The van der Waals surface area contributed by atoms with E-state index in [0.717, 1.165) is 11.8 Å². The molecule has 0 N–H and O–H groups in total. The smallest absolute Gasteiger partial charge is 0.282 e. The van der Waals surface area contributed by atoms with E-state index in [2.05, 4.69) is 4.40 Å². The van der Waals surface area contributed by atoms with Crippen molar-refractivity contribution in [3.8, 4) is 5.75 Å². The molecule has 1 aliphatic heterocycles. The molecule has 8 heteroatoms. The van der Waals surface area contributed by atoms with Crippen molar-refractivity contribution in [2.45, 2.75) is 31.1 Å². The molecule has 0 saturated heterocycles. The molecule has 6 nitrogen and oxygen atoms in total. The van der Waals surface area contributed by atoms with Crippen LogP contribution in [0.5, 0.6) is 5.75 Å². The third kappa shape index (κ3) is 3.70. The van der Waals surface area contributed by atoms with Crippen LogP contribution in [0.4, 0.5) is 0 Å². The summed E-state index contributed by atoms with van der Waals surface area (Å²) >= 11 is 0.805. The zero-order valence-corrected chi connectivity index (χ0v) is 14.3. The second-order valence-corrected chi connectivity index (χ2v) is 8.39. The Hall–Kier alpha value is -1.93. The van der Waals surface area contributed by atoms with Crippen molar-refractivity contribution in [1.29, 1.82) is 0 Å². The molecule has 23 heavy (non-hydrogen) atoms. The van der Waals surface area contributed by atoms with E-state index in [1.165, 1.54) is 23.6 Å². The van der Waals surface area contributed by atoms with Gasteiger partial charge in [0.25, 0.3) is 10.0 Å². The van der Waals surface area contributed by atoms with Crippen LogP contribution in [-0.2, 0) is 15.4 Å². The molecule has 0 fully saturated rings. The lowest BCUT2D eigenvalue weighted by Crippen LogP contribution is -2.22. The zero-order chi connectivity index (χ0) is 17.4. The highest BCUT2D eigenvalue weighted by atomic mass is 32.2. The van der Waals surface area contributed by atoms with Gasteiger partial charge in [-0.1, -0.05) is 50.4 Å². The Morgan fingerprint density at radius 3 is 2.39 bits per heavy atom. The van der Waals surface area contributed by atoms with Crippen molar-refractivity contribution in [2.24, 2.45) is 4.40 Å². The van der Waals surface area contributed by atoms with E-state index in [0.29, 0.717) is 5.56 Å². The molecule has 1 aromatic rings. The average Bonchev–Trinajstić information content (AvgIpc) is 2.84. The maximum Gasteiger partial charge on any atom is 0.282 e. The normalized spacial score (nSPS) is 17.0. The summed E-state index contributed by atoms with van der Waals surface area (Å²) in [6.45, 7) is 5.70. The van der Waals surface area contributed by atoms with Crippen molar-refractivity contribution in [2.75, 3.05) is 0 Å². The number of thioether (sulfide) groups is 1. The van der Waals surface area contributed by atoms with E-state index in [-0.39, 0.29) is 16.0 Å². The van der Waals surface area contributed by atoms with E-state index in [1.54, 1.807) is 6.07 Å². The van der Waals surface area contributed by atoms with Gasteiger partial charge in [0, 0.05) is 4.91 Å². The van der Waals surface area contributed by atoms with E-state index in [1.807, 2.05) is 20.8 Å².